The normalized spacial score (nSPS) is 13.5. The van der Waals surface area contributed by atoms with Gasteiger partial charge in [0.1, 0.15) is 18.0 Å². The van der Waals surface area contributed by atoms with E-state index in [1.807, 2.05) is 88.4 Å². The van der Waals surface area contributed by atoms with Crippen LogP contribution in [0, 0.1) is 0 Å². The molecule has 0 aliphatic carbocycles. The summed E-state index contributed by atoms with van der Waals surface area (Å²) >= 11 is 1.64. The highest BCUT2D eigenvalue weighted by molar-refractivity contribution is 7.98. The van der Waals surface area contributed by atoms with E-state index in [1.54, 1.807) is 11.8 Å². The monoisotopic (exact) mass is 415 g/mol. The van der Waals surface area contributed by atoms with E-state index in [9.17, 15) is 4.79 Å². The predicted molar refractivity (Wildman–Crippen MR) is 118 cm³/mol. The molecule has 3 heterocycles. The number of fused-ring (bicyclic) bond motifs is 2. The molecule has 2 aromatic carbocycles. The molecule has 0 atom stereocenters. The standard InChI is InChI=1S/C24H21N3O2S/c28-24(27-13-14-29-21-9-3-1-7-18(21)15-27)20-8-2-4-10-22(20)30-17-19-16-26-12-6-5-11-23(26)25-19/h1-12,16H,13-15,17H2. The van der Waals surface area contributed by atoms with Crippen molar-refractivity contribution in [2.45, 2.75) is 17.2 Å². The highest BCUT2D eigenvalue weighted by Crippen LogP contribution is 2.29. The number of para-hydroxylation sites is 1. The minimum absolute atomic E-state index is 0.0356. The van der Waals surface area contributed by atoms with Crippen LogP contribution in [0.4, 0.5) is 0 Å². The minimum atomic E-state index is 0.0356. The lowest BCUT2D eigenvalue weighted by atomic mass is 10.1. The number of imidazole rings is 1. The number of benzene rings is 2. The highest BCUT2D eigenvalue weighted by atomic mass is 32.2. The van der Waals surface area contributed by atoms with E-state index in [0.717, 1.165) is 33.1 Å². The first kappa shape index (κ1) is 18.8. The average molecular weight is 416 g/mol. The van der Waals surface area contributed by atoms with E-state index < -0.39 is 0 Å². The van der Waals surface area contributed by atoms with Crippen LogP contribution in [0.2, 0.25) is 0 Å². The summed E-state index contributed by atoms with van der Waals surface area (Å²) in [4.78, 5) is 20.9. The number of thioether (sulfide) groups is 1. The molecule has 1 aliphatic heterocycles. The summed E-state index contributed by atoms with van der Waals surface area (Å²) in [5.41, 5.74) is 3.69. The molecule has 6 heteroatoms. The zero-order chi connectivity index (χ0) is 20.3. The molecular formula is C24H21N3O2S. The molecule has 5 nitrogen and oxygen atoms in total. The van der Waals surface area contributed by atoms with E-state index in [0.29, 0.717) is 25.4 Å². The van der Waals surface area contributed by atoms with E-state index in [4.69, 9.17) is 4.74 Å². The van der Waals surface area contributed by atoms with Gasteiger partial charge in [0.05, 0.1) is 17.8 Å². The third-order valence-electron chi connectivity index (χ3n) is 5.15. The van der Waals surface area contributed by atoms with Crippen LogP contribution in [-0.2, 0) is 12.3 Å². The summed E-state index contributed by atoms with van der Waals surface area (Å²) in [6, 6.07) is 21.7. The molecule has 4 aromatic rings. The Kier molecular flexibility index (Phi) is 5.15. The molecule has 1 aliphatic rings. The summed E-state index contributed by atoms with van der Waals surface area (Å²) in [5, 5.41) is 0. The molecule has 2 aromatic heterocycles. The Bertz CT molecular complexity index is 1170. The van der Waals surface area contributed by atoms with Gasteiger partial charge in [-0.25, -0.2) is 4.98 Å². The topological polar surface area (TPSA) is 46.8 Å². The first-order valence-corrected chi connectivity index (χ1v) is 10.9. The van der Waals surface area contributed by atoms with Gasteiger partial charge in [-0.05, 0) is 30.3 Å². The van der Waals surface area contributed by atoms with E-state index in [2.05, 4.69) is 4.98 Å². The zero-order valence-electron chi connectivity index (χ0n) is 16.4. The van der Waals surface area contributed by atoms with Crippen molar-refractivity contribution in [3.05, 3.63) is 95.9 Å². The molecule has 0 fully saturated rings. The third-order valence-corrected chi connectivity index (χ3v) is 6.25. The van der Waals surface area contributed by atoms with Gasteiger partial charge in [0.25, 0.3) is 5.91 Å². The second kappa shape index (κ2) is 8.24. The fourth-order valence-electron chi connectivity index (χ4n) is 3.65. The fourth-order valence-corrected chi connectivity index (χ4v) is 4.58. The molecule has 5 rings (SSSR count). The highest BCUT2D eigenvalue weighted by Gasteiger charge is 2.22. The molecular weight excluding hydrogens is 394 g/mol. The van der Waals surface area contributed by atoms with Crippen LogP contribution in [0.1, 0.15) is 21.6 Å². The number of aromatic nitrogens is 2. The van der Waals surface area contributed by atoms with E-state index >= 15 is 0 Å². The van der Waals surface area contributed by atoms with Crippen molar-refractivity contribution in [2.75, 3.05) is 13.2 Å². The van der Waals surface area contributed by atoms with Crippen LogP contribution >= 0.6 is 11.8 Å². The quantitative estimate of drug-likeness (QED) is 0.455. The third kappa shape index (κ3) is 3.78. The second-order valence-corrected chi connectivity index (χ2v) is 8.18. The molecule has 0 saturated heterocycles. The van der Waals surface area contributed by atoms with Gasteiger partial charge in [-0.3, -0.25) is 4.79 Å². The van der Waals surface area contributed by atoms with Gasteiger partial charge in [-0.1, -0.05) is 36.4 Å². The fraction of sp³-hybridized carbons (Fsp3) is 0.167. The Hall–Kier alpha value is -3.25. The summed E-state index contributed by atoms with van der Waals surface area (Å²) in [5.74, 6) is 1.61. The Morgan fingerprint density at radius 3 is 2.80 bits per heavy atom. The largest absolute Gasteiger partial charge is 0.491 e. The number of pyridine rings is 1. The van der Waals surface area contributed by atoms with E-state index in [1.165, 1.54) is 0 Å². The van der Waals surface area contributed by atoms with E-state index in [-0.39, 0.29) is 5.91 Å². The van der Waals surface area contributed by atoms with Crippen molar-refractivity contribution in [3.8, 4) is 5.75 Å². The molecule has 0 radical (unpaired) electrons. The summed E-state index contributed by atoms with van der Waals surface area (Å²) in [6.45, 7) is 1.62. The zero-order valence-corrected chi connectivity index (χ0v) is 17.2. The average Bonchev–Trinajstić information content (AvgIpc) is 3.08. The predicted octanol–water partition coefficient (Wildman–Crippen LogP) is 4.66. The van der Waals surface area contributed by atoms with Crippen LogP contribution in [-0.4, -0.2) is 33.3 Å². The Morgan fingerprint density at radius 2 is 1.87 bits per heavy atom. The van der Waals surface area contributed by atoms with Gasteiger partial charge in [0.15, 0.2) is 0 Å². The van der Waals surface area contributed by atoms with Crippen LogP contribution in [0.5, 0.6) is 5.75 Å². The van der Waals surface area contributed by atoms with Crippen LogP contribution in [0.25, 0.3) is 5.65 Å². The van der Waals surface area contributed by atoms with Crippen molar-refractivity contribution < 1.29 is 9.53 Å². The number of hydrogen-bond donors (Lipinski definition) is 0. The smallest absolute Gasteiger partial charge is 0.255 e. The number of carbonyl (C=O) groups is 1. The van der Waals surface area contributed by atoms with Crippen LogP contribution < -0.4 is 4.74 Å². The van der Waals surface area contributed by atoms with Crippen molar-refractivity contribution in [2.24, 2.45) is 0 Å². The molecule has 0 unspecified atom stereocenters. The van der Waals surface area contributed by atoms with Gasteiger partial charge in [0.2, 0.25) is 0 Å². The van der Waals surface area contributed by atoms with Crippen molar-refractivity contribution in [3.63, 3.8) is 0 Å². The molecule has 150 valence electrons. The minimum Gasteiger partial charge on any atom is -0.491 e. The number of amides is 1. The number of carbonyl (C=O) groups excluding carboxylic acids is 1. The maximum absolute atomic E-state index is 13.4. The maximum atomic E-state index is 13.4. The summed E-state index contributed by atoms with van der Waals surface area (Å²) in [6.07, 6.45) is 4.03. The molecule has 1 amide bonds. The molecule has 0 saturated carbocycles. The lowest BCUT2D eigenvalue weighted by molar-refractivity contribution is 0.0729. The Morgan fingerprint density at radius 1 is 1.03 bits per heavy atom. The maximum Gasteiger partial charge on any atom is 0.255 e. The number of hydrogen-bond acceptors (Lipinski definition) is 4. The number of rotatable bonds is 4. The van der Waals surface area contributed by atoms with Gasteiger partial charge in [0, 0.05) is 35.2 Å². The SMILES string of the molecule is O=C(c1ccccc1SCc1cn2ccccc2n1)N1CCOc2ccccc2C1. The number of ether oxygens (including phenoxy) is 1. The molecule has 0 N–H and O–H groups in total. The number of nitrogens with zero attached hydrogens (tertiary/aromatic N) is 3. The second-order valence-electron chi connectivity index (χ2n) is 7.17. The molecule has 0 bridgehead atoms. The van der Waals surface area contributed by atoms with Crippen molar-refractivity contribution >= 4 is 23.3 Å². The lowest BCUT2D eigenvalue weighted by Crippen LogP contribution is -2.32. The van der Waals surface area contributed by atoms with Crippen LogP contribution in [0.15, 0.2) is 84.0 Å². The lowest BCUT2D eigenvalue weighted by Gasteiger charge is -2.21. The Balaban J connectivity index is 1.35. The summed E-state index contributed by atoms with van der Waals surface area (Å²) < 4.78 is 7.83. The van der Waals surface area contributed by atoms with Gasteiger partial charge >= 0.3 is 0 Å². The van der Waals surface area contributed by atoms with Crippen molar-refractivity contribution in [1.29, 1.82) is 0 Å². The van der Waals surface area contributed by atoms with Gasteiger partial charge in [-0.2, -0.15) is 0 Å². The van der Waals surface area contributed by atoms with Crippen LogP contribution in [0.3, 0.4) is 0 Å². The first-order valence-electron chi connectivity index (χ1n) is 9.92. The Labute approximate surface area is 179 Å². The van der Waals surface area contributed by atoms with Gasteiger partial charge < -0.3 is 14.0 Å². The van der Waals surface area contributed by atoms with Crippen molar-refractivity contribution in [1.82, 2.24) is 14.3 Å². The summed E-state index contributed by atoms with van der Waals surface area (Å²) in [7, 11) is 0. The molecule has 0 spiro atoms. The molecule has 30 heavy (non-hydrogen) atoms. The first-order chi connectivity index (χ1) is 14.8. The van der Waals surface area contributed by atoms with Gasteiger partial charge in [-0.15, -0.1) is 11.8 Å².